The van der Waals surface area contributed by atoms with Crippen molar-refractivity contribution in [3.8, 4) is 111 Å². The van der Waals surface area contributed by atoms with E-state index in [1.807, 2.05) is 0 Å². The fourth-order valence-electron chi connectivity index (χ4n) is 19.2. The van der Waals surface area contributed by atoms with Crippen molar-refractivity contribution in [2.75, 3.05) is 0 Å². The summed E-state index contributed by atoms with van der Waals surface area (Å²) in [5.41, 5.74) is 23.2. The van der Waals surface area contributed by atoms with Crippen LogP contribution < -0.4 is 0 Å². The Morgan fingerprint density at radius 2 is 0.219 bits per heavy atom. The molecule has 23 aromatic rings. The first-order chi connectivity index (χ1) is 56.5. The number of hydrogen-bond acceptors (Lipinski definition) is 0. The van der Waals surface area contributed by atoms with Gasteiger partial charge in [0, 0.05) is 0 Å². The lowest BCUT2D eigenvalue weighted by atomic mass is 9.73. The molecule has 0 N–H and O–H groups in total. The quantitative estimate of drug-likeness (QED) is 0.120. The van der Waals surface area contributed by atoms with Gasteiger partial charge in [-0.2, -0.15) is 0 Å². The Bertz CT molecular complexity index is 6970. The van der Waals surface area contributed by atoms with Crippen LogP contribution >= 0.6 is 0 Å². The van der Waals surface area contributed by atoms with Crippen LogP contribution in [0.25, 0.3) is 241 Å². The van der Waals surface area contributed by atoms with Crippen LogP contribution in [0.3, 0.4) is 0 Å². The van der Waals surface area contributed by atoms with Crippen LogP contribution in [0.4, 0.5) is 0 Å². The molecule has 0 nitrogen and oxygen atoms in total. The summed E-state index contributed by atoms with van der Waals surface area (Å²) < 4.78 is 0. The molecule has 23 aromatic carbocycles. The van der Waals surface area contributed by atoms with E-state index in [9.17, 15) is 0 Å². The topological polar surface area (TPSA) is 0 Å². The van der Waals surface area contributed by atoms with E-state index in [-0.39, 0.29) is 0 Å². The molecule has 0 saturated carbocycles. The molecule has 0 fully saturated rings. The van der Waals surface area contributed by atoms with Gasteiger partial charge >= 0.3 is 0 Å². The molecule has 0 heterocycles. The van der Waals surface area contributed by atoms with E-state index < -0.39 is 0 Å². The van der Waals surface area contributed by atoms with Gasteiger partial charge in [0.05, 0.1) is 0 Å². The van der Waals surface area contributed by atoms with Crippen molar-refractivity contribution in [2.24, 2.45) is 0 Å². The fourth-order valence-corrected chi connectivity index (χ4v) is 19.2. The lowest BCUT2D eigenvalue weighted by molar-refractivity contribution is 1.51. The summed E-state index contributed by atoms with van der Waals surface area (Å²) in [6.07, 6.45) is 0. The second kappa shape index (κ2) is 26.5. The SMILES string of the molecule is c1ccc(-c2c(-c3ccc(-c4c5ccccc5cc5cc6ccccc6cc45)cc3)c(-c3ccc(-c4c5ccccc5cc5cc6ccccc6cc45)cc3)c(-c3ccccc3)c(-c3ccc(-c4c5ccccc5cc5cc6ccccc6cc45)cc3)c2-c2ccc(-c3c4ccccc4cc4cc5ccccc5cc34)cc2)cc1. The van der Waals surface area contributed by atoms with Gasteiger partial charge in [0.2, 0.25) is 0 Å². The van der Waals surface area contributed by atoms with Gasteiger partial charge in [-0.25, -0.2) is 0 Å². The van der Waals surface area contributed by atoms with Crippen LogP contribution in [0.5, 0.6) is 0 Å². The second-order valence-corrected chi connectivity index (χ2v) is 30.9. The number of benzene rings is 23. The first-order valence-electron chi connectivity index (χ1n) is 39.7. The Morgan fingerprint density at radius 1 is 0.0789 bits per heavy atom. The van der Waals surface area contributed by atoms with Gasteiger partial charge in [-0.3, -0.25) is 0 Å². The highest BCUT2D eigenvalue weighted by atomic mass is 14.3. The van der Waals surface area contributed by atoms with E-state index in [1.165, 1.54) is 152 Å². The number of hydrogen-bond donors (Lipinski definition) is 0. The molecular formula is C114H70. The molecule has 526 valence electrons. The predicted molar refractivity (Wildman–Crippen MR) is 491 cm³/mol. The molecule has 0 heteroatoms. The molecule has 0 aliphatic carbocycles. The Balaban J connectivity index is 0.837. The minimum Gasteiger partial charge on any atom is -0.0622 e. The zero-order valence-electron chi connectivity index (χ0n) is 62.4. The normalized spacial score (nSPS) is 11.9. The summed E-state index contributed by atoms with van der Waals surface area (Å²) in [5.74, 6) is 0. The molecule has 0 atom stereocenters. The van der Waals surface area contributed by atoms with E-state index in [0.717, 1.165) is 89.0 Å². The first kappa shape index (κ1) is 65.1. The van der Waals surface area contributed by atoms with Crippen LogP contribution in [-0.2, 0) is 0 Å². The zero-order valence-corrected chi connectivity index (χ0v) is 62.4. The van der Waals surface area contributed by atoms with Gasteiger partial charge in [-0.1, -0.05) is 352 Å². The maximum atomic E-state index is 2.43. The minimum absolute atomic E-state index is 1.11. The molecule has 0 spiro atoms. The van der Waals surface area contributed by atoms with Gasteiger partial charge in [0.15, 0.2) is 0 Å². The molecule has 0 bridgehead atoms. The summed E-state index contributed by atoms with van der Waals surface area (Å²) in [6.45, 7) is 0. The Morgan fingerprint density at radius 3 is 0.421 bits per heavy atom. The third-order valence-corrected chi connectivity index (χ3v) is 24.4. The average Bonchev–Trinajstić information content (AvgIpc) is 0.714. The summed E-state index contributed by atoms with van der Waals surface area (Å²) in [6, 6.07) is 161. The van der Waals surface area contributed by atoms with Crippen LogP contribution in [-0.4, -0.2) is 0 Å². The van der Waals surface area contributed by atoms with E-state index in [2.05, 4.69) is 425 Å². The largest absolute Gasteiger partial charge is 0.0622 e. The first-order valence-corrected chi connectivity index (χ1v) is 39.7. The Kier molecular flexibility index (Phi) is 15.1. The van der Waals surface area contributed by atoms with E-state index in [4.69, 9.17) is 0 Å². The zero-order chi connectivity index (χ0) is 74.9. The molecule has 0 saturated heterocycles. The van der Waals surface area contributed by atoms with Crippen molar-refractivity contribution in [1.82, 2.24) is 0 Å². The highest BCUT2D eigenvalue weighted by Gasteiger charge is 2.31. The van der Waals surface area contributed by atoms with Gasteiger partial charge in [-0.15, -0.1) is 0 Å². The van der Waals surface area contributed by atoms with Crippen molar-refractivity contribution in [1.29, 1.82) is 0 Å². The Labute approximate surface area is 660 Å². The van der Waals surface area contributed by atoms with E-state index in [0.29, 0.717) is 0 Å². The van der Waals surface area contributed by atoms with Crippen LogP contribution in [0.1, 0.15) is 0 Å². The number of fused-ring (bicyclic) bond motifs is 12. The molecule has 23 rings (SSSR count). The van der Waals surface area contributed by atoms with Gasteiger partial charge in [0.1, 0.15) is 0 Å². The van der Waals surface area contributed by atoms with Crippen LogP contribution in [0, 0.1) is 0 Å². The summed E-state index contributed by atoms with van der Waals surface area (Å²) in [4.78, 5) is 0. The lowest BCUT2D eigenvalue weighted by Crippen LogP contribution is -2.02. The third-order valence-electron chi connectivity index (χ3n) is 24.4. The van der Waals surface area contributed by atoms with Crippen molar-refractivity contribution in [3.63, 3.8) is 0 Å². The van der Waals surface area contributed by atoms with Crippen LogP contribution in [0.15, 0.2) is 425 Å². The fraction of sp³-hybridized carbons (Fsp3) is 0. The maximum Gasteiger partial charge on any atom is -0.00139 e. The highest BCUT2D eigenvalue weighted by molar-refractivity contribution is 6.22. The van der Waals surface area contributed by atoms with Crippen molar-refractivity contribution >= 4 is 129 Å². The van der Waals surface area contributed by atoms with Gasteiger partial charge < -0.3 is 0 Å². The number of rotatable bonds is 10. The molecule has 0 radical (unpaired) electrons. The molecule has 114 heavy (non-hydrogen) atoms. The molecule has 0 aliphatic heterocycles. The smallest absolute Gasteiger partial charge is 0.00139 e. The van der Waals surface area contributed by atoms with Gasteiger partial charge in [-0.05, 0) is 313 Å². The van der Waals surface area contributed by atoms with Crippen molar-refractivity contribution in [3.05, 3.63) is 425 Å². The molecule has 0 amide bonds. The molecular weight excluding hydrogens is 1370 g/mol. The summed E-state index contributed by atoms with van der Waals surface area (Å²) in [5, 5.41) is 29.4. The third kappa shape index (κ3) is 10.8. The predicted octanol–water partition coefficient (Wildman–Crippen LogP) is 32.2. The van der Waals surface area contributed by atoms with E-state index in [1.54, 1.807) is 0 Å². The minimum atomic E-state index is 1.11. The average molecular weight is 1440 g/mol. The molecule has 0 unspecified atom stereocenters. The molecule has 0 aliphatic rings. The maximum absolute atomic E-state index is 2.43. The monoisotopic (exact) mass is 1440 g/mol. The lowest BCUT2D eigenvalue weighted by Gasteiger charge is -2.29. The van der Waals surface area contributed by atoms with Crippen molar-refractivity contribution in [2.45, 2.75) is 0 Å². The van der Waals surface area contributed by atoms with Crippen LogP contribution in [0.2, 0.25) is 0 Å². The van der Waals surface area contributed by atoms with Gasteiger partial charge in [0.25, 0.3) is 0 Å². The molecule has 0 aromatic heterocycles. The van der Waals surface area contributed by atoms with Crippen molar-refractivity contribution < 1.29 is 0 Å². The summed E-state index contributed by atoms with van der Waals surface area (Å²) in [7, 11) is 0. The summed E-state index contributed by atoms with van der Waals surface area (Å²) >= 11 is 0. The highest BCUT2D eigenvalue weighted by Crippen LogP contribution is 2.58. The Hall–Kier alpha value is -14.8. The van der Waals surface area contributed by atoms with E-state index >= 15 is 0 Å². The second-order valence-electron chi connectivity index (χ2n) is 30.9. The standard InChI is InChI=1S/C114H70/c1-3-23-71(24-4-1)109-111(77-51-43-73(44-52-77)105-97-39-19-15-35-89(97)63-93-59-81-27-7-11-31-85(81)67-101(93)105)113(79-55-47-75(48-56-79)107-99-41-21-17-37-91(99)65-95-61-83-29-9-13-33-87(83)69-103(95)107)110(72-25-5-2-6-26-72)114(80-57-49-76(50-58-80)108-100-42-22-18-38-92(100)66-96-62-84-30-10-14-34-88(84)70-104(96)108)112(109)78-53-45-74(46-54-78)106-98-40-20-16-36-90(98)64-94-60-82-28-8-12-32-86(82)68-102(94)106/h1-70H.